The Labute approximate surface area is 387 Å². The van der Waals surface area contributed by atoms with Crippen molar-refractivity contribution in [1.82, 2.24) is 0 Å². The number of nitrogens with zero attached hydrogens (tertiary/aromatic N) is 4. The van der Waals surface area contributed by atoms with Gasteiger partial charge in [0.25, 0.3) is 6.71 Å². The largest absolute Gasteiger partial charge is 0.344 e. The van der Waals surface area contributed by atoms with Gasteiger partial charge in [0.1, 0.15) is 5.82 Å². The summed E-state index contributed by atoms with van der Waals surface area (Å²) in [5.41, 5.74) is 19.4. The van der Waals surface area contributed by atoms with Crippen LogP contribution in [0.3, 0.4) is 0 Å². The van der Waals surface area contributed by atoms with Crippen molar-refractivity contribution in [3.8, 4) is 11.1 Å². The van der Waals surface area contributed by atoms with Crippen LogP contribution in [-0.2, 0) is 10.8 Å². The normalized spacial score (nSPS) is 15.6. The molecule has 3 aliphatic heterocycles. The van der Waals surface area contributed by atoms with Gasteiger partial charge >= 0.3 is 0 Å². The number of aryl methyl sites for hydroxylation is 2. The predicted molar refractivity (Wildman–Crippen MR) is 279 cm³/mol. The summed E-state index contributed by atoms with van der Waals surface area (Å²) in [6, 6.07) is 63.1. The number of anilines is 7. The average Bonchev–Trinajstić information content (AvgIpc) is 3.62. The molecule has 7 aromatic carbocycles. The molecular weight excluding hydrogens is 787 g/mol. The van der Waals surface area contributed by atoms with Gasteiger partial charge in [-0.1, -0.05) is 151 Å². The van der Waals surface area contributed by atoms with Crippen LogP contribution in [0.2, 0.25) is 0 Å². The first kappa shape index (κ1) is 42.0. The summed E-state index contributed by atoms with van der Waals surface area (Å²) in [5, 5.41) is 0. The number of hydrogen-bond donors (Lipinski definition) is 0. The molecular formula is C60H59BN4. The second-order valence-electron chi connectivity index (χ2n) is 20.0. The second-order valence-corrected chi connectivity index (χ2v) is 20.0. The Balaban J connectivity index is 1.38. The quantitative estimate of drug-likeness (QED) is 0.106. The van der Waals surface area contributed by atoms with E-state index in [9.17, 15) is 0 Å². The topological polar surface area (TPSA) is 13.0 Å². The first-order valence-corrected chi connectivity index (χ1v) is 23.2. The van der Waals surface area contributed by atoms with E-state index in [-0.39, 0.29) is 23.6 Å². The third kappa shape index (κ3) is 7.28. The van der Waals surface area contributed by atoms with E-state index in [0.717, 1.165) is 35.0 Å². The van der Waals surface area contributed by atoms with Crippen LogP contribution in [0.5, 0.6) is 0 Å². The fourth-order valence-corrected chi connectivity index (χ4v) is 10.3. The predicted octanol–water partition coefficient (Wildman–Crippen LogP) is 15.0. The van der Waals surface area contributed by atoms with Gasteiger partial charge in [-0.25, -0.2) is 0 Å². The van der Waals surface area contributed by atoms with E-state index in [1.165, 1.54) is 67.0 Å². The smallest absolute Gasteiger partial charge is 0.271 e. The maximum absolute atomic E-state index is 4.47. The molecule has 0 amide bonds. The van der Waals surface area contributed by atoms with Gasteiger partial charge in [-0.2, -0.15) is 0 Å². The fourth-order valence-electron chi connectivity index (χ4n) is 10.3. The van der Waals surface area contributed by atoms with Gasteiger partial charge in [-0.05, 0) is 137 Å². The molecule has 1 fully saturated rings. The van der Waals surface area contributed by atoms with E-state index in [4.69, 9.17) is 0 Å². The van der Waals surface area contributed by atoms with Crippen LogP contribution in [-0.4, -0.2) is 12.8 Å². The zero-order valence-corrected chi connectivity index (χ0v) is 39.2. The highest BCUT2D eigenvalue weighted by Gasteiger charge is 2.55. The zero-order valence-electron chi connectivity index (χ0n) is 39.2. The molecule has 1 saturated heterocycles. The molecule has 0 spiro atoms. The molecule has 10 rings (SSSR count). The first-order valence-electron chi connectivity index (χ1n) is 23.2. The lowest BCUT2D eigenvalue weighted by atomic mass is 9.36. The zero-order chi connectivity index (χ0) is 45.2. The van der Waals surface area contributed by atoms with Crippen molar-refractivity contribution >= 4 is 52.0 Å². The molecule has 65 heavy (non-hydrogen) atoms. The summed E-state index contributed by atoms with van der Waals surface area (Å²) in [4.78, 5) is 10.3. The minimum Gasteiger partial charge on any atom is -0.344 e. The molecule has 0 bridgehead atoms. The van der Waals surface area contributed by atoms with E-state index in [2.05, 4.69) is 264 Å². The van der Waals surface area contributed by atoms with Gasteiger partial charge < -0.3 is 9.80 Å². The highest BCUT2D eigenvalue weighted by atomic mass is 15.4. The van der Waals surface area contributed by atoms with E-state index in [1.54, 1.807) is 0 Å². The average molecular weight is 847 g/mol. The molecule has 0 saturated carbocycles. The third-order valence-electron chi connectivity index (χ3n) is 13.6. The molecule has 3 heterocycles. The molecule has 0 aromatic heterocycles. The summed E-state index contributed by atoms with van der Waals surface area (Å²) in [5.74, 6) is 1.15. The Morgan fingerprint density at radius 3 is 1.77 bits per heavy atom. The third-order valence-corrected chi connectivity index (χ3v) is 13.6. The molecule has 322 valence electrons. The lowest BCUT2D eigenvalue weighted by molar-refractivity contribution is 0.590. The molecule has 5 heteroatoms. The Bertz CT molecular complexity index is 2930. The van der Waals surface area contributed by atoms with Gasteiger partial charge in [0.2, 0.25) is 0 Å². The molecule has 3 aliphatic rings. The van der Waals surface area contributed by atoms with E-state index in [0.29, 0.717) is 0 Å². The van der Waals surface area contributed by atoms with Gasteiger partial charge in [0, 0.05) is 51.5 Å². The van der Waals surface area contributed by atoms with Gasteiger partial charge in [-0.15, -0.1) is 6.58 Å². The fraction of sp³-hybridized carbons (Fsp3) is 0.200. The summed E-state index contributed by atoms with van der Waals surface area (Å²) in [6.07, 6.45) is 5.33. The second kappa shape index (κ2) is 16.2. The highest BCUT2D eigenvalue weighted by Crippen LogP contribution is 2.54. The van der Waals surface area contributed by atoms with Crippen LogP contribution in [0.1, 0.15) is 70.2 Å². The van der Waals surface area contributed by atoms with Gasteiger partial charge in [0.15, 0.2) is 0 Å². The maximum Gasteiger partial charge on any atom is 0.271 e. The molecule has 0 aliphatic carbocycles. The molecule has 1 unspecified atom stereocenters. The van der Waals surface area contributed by atoms with E-state index in [1.807, 2.05) is 0 Å². The van der Waals surface area contributed by atoms with E-state index >= 15 is 0 Å². The number of hydrogen-bond acceptors (Lipinski definition) is 4. The minimum absolute atomic E-state index is 0.0382. The monoisotopic (exact) mass is 846 g/mol. The lowest BCUT2D eigenvalue weighted by Gasteiger charge is -2.45. The molecule has 4 nitrogen and oxygen atoms in total. The van der Waals surface area contributed by atoms with Crippen LogP contribution >= 0.6 is 0 Å². The van der Waals surface area contributed by atoms with Crippen LogP contribution in [0.25, 0.3) is 11.1 Å². The van der Waals surface area contributed by atoms with Crippen LogP contribution in [0.15, 0.2) is 206 Å². The summed E-state index contributed by atoms with van der Waals surface area (Å²) < 4.78 is 0. The van der Waals surface area contributed by atoms with Crippen molar-refractivity contribution in [2.45, 2.75) is 78.7 Å². The maximum atomic E-state index is 4.47. The molecule has 0 radical (unpaired) electrons. The summed E-state index contributed by atoms with van der Waals surface area (Å²) in [7, 11) is 0. The lowest BCUT2D eigenvalue weighted by Crippen LogP contribution is -2.50. The summed E-state index contributed by atoms with van der Waals surface area (Å²) >= 11 is 0. The SMILES string of the molecule is C=CCC1C2=C(N(c3ccccc3)c3ccccc3)N(c3ccc(C(C)(C)C)cc3-c3ccccc3)c3cc(C)cc4c3B2C(=CN4c2ccc(C(C)(C)C)cc2)N1c1ccccc1C. The highest BCUT2D eigenvalue weighted by molar-refractivity contribution is 6.91. The molecule has 1 atom stereocenters. The van der Waals surface area contributed by atoms with Crippen LogP contribution < -0.4 is 25.1 Å². The number of para-hydroxylation sites is 3. The van der Waals surface area contributed by atoms with Crippen LogP contribution in [0.4, 0.5) is 39.8 Å². The van der Waals surface area contributed by atoms with Crippen molar-refractivity contribution in [1.29, 1.82) is 0 Å². The standard InChI is InChI=1S/C60H59BN4/c1-10-22-52-57-58(63(47-26-16-12-17-27-47)48-28-18-13-19-29-48)65(51-36-33-45(60(7,8)9)39-49(51)43-24-14-11-15-25-43)54-38-41(2)37-53-56(54)61(57)55(64(52)50-30-21-20-23-42(50)3)40-62(53)46-34-31-44(32-35-46)59(4,5)6/h10-21,23-40,52H,1,22H2,2-9H3. The van der Waals surface area contributed by atoms with Gasteiger partial charge in [0.05, 0.1) is 11.7 Å². The first-order chi connectivity index (χ1) is 31.3. The Hall–Kier alpha value is -6.98. The molecule has 0 N–H and O–H groups in total. The Morgan fingerprint density at radius 1 is 0.600 bits per heavy atom. The Kier molecular flexibility index (Phi) is 10.5. The van der Waals surface area contributed by atoms with Crippen molar-refractivity contribution in [2.75, 3.05) is 19.6 Å². The van der Waals surface area contributed by atoms with Crippen molar-refractivity contribution in [3.63, 3.8) is 0 Å². The summed E-state index contributed by atoms with van der Waals surface area (Å²) in [6.45, 7) is 22.7. The van der Waals surface area contributed by atoms with E-state index < -0.39 is 0 Å². The number of benzene rings is 7. The molecule has 7 aromatic rings. The number of rotatable bonds is 9. The van der Waals surface area contributed by atoms with Crippen LogP contribution in [0, 0.1) is 13.8 Å². The Morgan fingerprint density at radius 2 is 1.17 bits per heavy atom. The van der Waals surface area contributed by atoms with Gasteiger partial charge in [-0.3, -0.25) is 9.80 Å². The van der Waals surface area contributed by atoms with Crippen molar-refractivity contribution in [2.24, 2.45) is 0 Å². The van der Waals surface area contributed by atoms with Crippen molar-refractivity contribution < 1.29 is 0 Å². The minimum atomic E-state index is -0.0593. The van der Waals surface area contributed by atoms with Crippen molar-refractivity contribution in [3.05, 3.63) is 228 Å².